The third-order valence-corrected chi connectivity index (χ3v) is 9.11. The molecule has 2 atom stereocenters. The van der Waals surface area contributed by atoms with E-state index in [-0.39, 0.29) is 31.5 Å². The molecular weight excluding hydrogens is 700 g/mol. The molecule has 4 aromatic rings. The first-order valence-electron chi connectivity index (χ1n) is 17.3. The molecule has 4 rings (SSSR count). The van der Waals surface area contributed by atoms with Crippen LogP contribution >= 0.6 is 0 Å². The van der Waals surface area contributed by atoms with Crippen LogP contribution in [0.1, 0.15) is 41.5 Å². The summed E-state index contributed by atoms with van der Waals surface area (Å²) in [5.41, 5.74) is 17.9. The summed E-state index contributed by atoms with van der Waals surface area (Å²) in [6, 6.07) is 15.8. The Morgan fingerprint density at radius 1 is 0.774 bits per heavy atom. The molecule has 0 unspecified atom stereocenters. The summed E-state index contributed by atoms with van der Waals surface area (Å²) in [5, 5.41) is 27.7. The summed E-state index contributed by atoms with van der Waals surface area (Å²) < 4.78 is 82.0. The summed E-state index contributed by atoms with van der Waals surface area (Å²) in [6.07, 6.45) is -6.80. The molecule has 0 aliphatic heterocycles. The lowest BCUT2D eigenvalue weighted by atomic mass is 10.0. The van der Waals surface area contributed by atoms with Gasteiger partial charge in [0.05, 0.1) is 43.9 Å². The average molecular weight is 746 g/mol. The number of fused-ring (bicyclic) bond motifs is 1. The minimum Gasteiger partial charge on any atom is -0.861 e. The van der Waals surface area contributed by atoms with Gasteiger partial charge in [-0.05, 0) is 73.4 Å². The monoisotopic (exact) mass is 745 g/mol. The molecule has 0 bridgehead atoms. The third kappa shape index (κ3) is 12.0. The predicted molar refractivity (Wildman–Crippen MR) is 189 cm³/mol. The number of likely N-dealkylation sites (N-methyl/N-ethyl adjacent to an activating group) is 1. The topological polar surface area (TPSA) is 153 Å². The van der Waals surface area contributed by atoms with Crippen molar-refractivity contribution in [2.75, 3.05) is 39.8 Å². The molecule has 1 heterocycles. The van der Waals surface area contributed by atoms with Crippen LogP contribution in [0.3, 0.4) is 0 Å². The van der Waals surface area contributed by atoms with E-state index < -0.39 is 47.4 Å². The highest BCUT2D eigenvalue weighted by molar-refractivity contribution is 5.86. The predicted octanol–water partition coefficient (Wildman–Crippen LogP) is 3.84. The summed E-state index contributed by atoms with van der Waals surface area (Å²) >= 11 is 0. The van der Waals surface area contributed by atoms with Gasteiger partial charge in [-0.15, -0.1) is 0 Å². The Bertz CT molecular complexity index is 1860. The largest absolute Gasteiger partial charge is 0.861 e. The molecule has 0 radical (unpaired) electrons. The Kier molecular flexibility index (Phi) is 14.0. The van der Waals surface area contributed by atoms with E-state index in [1.165, 1.54) is 24.3 Å². The number of aryl methyl sites for hydroxylation is 1. The van der Waals surface area contributed by atoms with Crippen LogP contribution in [0.4, 0.5) is 32.0 Å². The maximum Gasteiger partial charge on any atom is 0.416 e. The summed E-state index contributed by atoms with van der Waals surface area (Å²) in [6.45, 7) is 3.12. The first kappa shape index (κ1) is 41.2. The van der Waals surface area contributed by atoms with Crippen molar-refractivity contribution in [3.05, 3.63) is 107 Å². The minimum atomic E-state index is -4.57. The van der Waals surface area contributed by atoms with Gasteiger partial charge in [-0.3, -0.25) is 9.98 Å². The highest BCUT2D eigenvalue weighted by Crippen LogP contribution is 2.31. The van der Waals surface area contributed by atoms with E-state index in [2.05, 4.69) is 9.98 Å². The van der Waals surface area contributed by atoms with Crippen LogP contribution in [0.25, 0.3) is 10.9 Å². The second-order valence-electron chi connectivity index (χ2n) is 13.4. The van der Waals surface area contributed by atoms with Gasteiger partial charge < -0.3 is 31.9 Å². The molecule has 0 spiro atoms. The van der Waals surface area contributed by atoms with E-state index in [1.807, 2.05) is 13.1 Å². The fraction of sp³-hybridized carbons (Fsp3) is 0.395. The van der Waals surface area contributed by atoms with E-state index in [4.69, 9.17) is 17.2 Å². The number of pyridine rings is 1. The Balaban J connectivity index is 1.64. The first-order valence-corrected chi connectivity index (χ1v) is 17.3. The van der Waals surface area contributed by atoms with Gasteiger partial charge in [0.1, 0.15) is 5.69 Å². The van der Waals surface area contributed by atoms with Crippen molar-refractivity contribution in [3.63, 3.8) is 0 Å². The maximum atomic E-state index is 13.8. The Labute approximate surface area is 304 Å². The third-order valence-electron chi connectivity index (χ3n) is 9.11. The fourth-order valence-corrected chi connectivity index (χ4v) is 6.16. The molecule has 1 aromatic heterocycles. The number of hydrogen-bond donors (Lipinski definition) is 3. The van der Waals surface area contributed by atoms with Crippen molar-refractivity contribution in [2.24, 2.45) is 27.2 Å². The van der Waals surface area contributed by atoms with E-state index in [0.29, 0.717) is 60.1 Å². The van der Waals surface area contributed by atoms with E-state index in [9.17, 15) is 36.6 Å². The van der Waals surface area contributed by atoms with Crippen molar-refractivity contribution >= 4 is 28.4 Å². The van der Waals surface area contributed by atoms with Gasteiger partial charge in [0.25, 0.3) is 0 Å². The minimum absolute atomic E-state index is 0.0124. The molecule has 0 saturated carbocycles. The number of aromatic nitrogens is 1. The number of benzene rings is 3. The molecule has 0 fully saturated rings. The number of hydrogen-bond acceptors (Lipinski definition) is 7. The van der Waals surface area contributed by atoms with E-state index >= 15 is 0 Å². The number of nitrogens with zero attached hydrogens (tertiary/aromatic N) is 4. The first-order chi connectivity index (χ1) is 25.0. The van der Waals surface area contributed by atoms with E-state index in [1.54, 1.807) is 35.0 Å². The van der Waals surface area contributed by atoms with Crippen molar-refractivity contribution in [1.29, 1.82) is 0 Å². The van der Waals surface area contributed by atoms with Gasteiger partial charge in [0.2, 0.25) is 5.52 Å². The van der Waals surface area contributed by atoms with Crippen molar-refractivity contribution < 1.29 is 45.6 Å². The van der Waals surface area contributed by atoms with Crippen LogP contribution in [0.2, 0.25) is 0 Å². The molecule has 9 nitrogen and oxygen atoms in total. The zero-order valence-corrected chi connectivity index (χ0v) is 29.4. The maximum absolute atomic E-state index is 13.8. The van der Waals surface area contributed by atoms with Gasteiger partial charge in [0.15, 0.2) is 12.7 Å². The molecule has 6 N–H and O–H groups in total. The molecular formula is C38H45F6N7O2. The molecule has 53 heavy (non-hydrogen) atoms. The van der Waals surface area contributed by atoms with Crippen molar-refractivity contribution in [1.82, 2.24) is 0 Å². The molecule has 0 amide bonds. The summed E-state index contributed by atoms with van der Waals surface area (Å²) in [4.78, 5) is 8.43. The molecule has 3 aromatic carbocycles. The van der Waals surface area contributed by atoms with Crippen LogP contribution in [0.5, 0.6) is 0 Å². The molecule has 286 valence electrons. The molecule has 0 aliphatic rings. The molecule has 0 aliphatic carbocycles. The molecule has 15 heteroatoms. The highest BCUT2D eigenvalue weighted by Gasteiger charge is 2.31. The number of alkyl halides is 6. The number of quaternary nitrogens is 1. The smallest absolute Gasteiger partial charge is 0.416 e. The van der Waals surface area contributed by atoms with Crippen LogP contribution in [0, 0.1) is 0 Å². The second-order valence-corrected chi connectivity index (χ2v) is 13.4. The van der Waals surface area contributed by atoms with Crippen LogP contribution in [-0.2, 0) is 25.3 Å². The normalized spacial score (nSPS) is 14.5. The summed E-state index contributed by atoms with van der Waals surface area (Å²) in [5.74, 6) is -1.53. The Morgan fingerprint density at radius 2 is 1.43 bits per heavy atom. The van der Waals surface area contributed by atoms with Gasteiger partial charge >= 0.3 is 12.4 Å². The quantitative estimate of drug-likeness (QED) is 0.0494. The van der Waals surface area contributed by atoms with Gasteiger partial charge in [-0.25, -0.2) is 0 Å². The Hall–Kier alpha value is -4.57. The number of aliphatic imine (C=N–C) groups is 2. The van der Waals surface area contributed by atoms with Gasteiger partial charge in [-0.1, -0.05) is 42.5 Å². The lowest BCUT2D eigenvalue weighted by Gasteiger charge is -2.34. The van der Waals surface area contributed by atoms with Crippen LogP contribution in [-0.4, -0.2) is 68.1 Å². The summed E-state index contributed by atoms with van der Waals surface area (Å²) in [7, 11) is 2.02. The van der Waals surface area contributed by atoms with Gasteiger partial charge in [0, 0.05) is 36.1 Å². The number of halogens is 6. The number of rotatable bonds is 17. The average Bonchev–Trinajstić information content (AvgIpc) is 3.09. The van der Waals surface area contributed by atoms with Crippen molar-refractivity contribution in [2.45, 2.75) is 56.7 Å². The number of para-hydroxylation sites is 1. The lowest BCUT2D eigenvalue weighted by molar-refractivity contribution is -0.907. The zero-order chi connectivity index (χ0) is 38.8. The van der Waals surface area contributed by atoms with Crippen LogP contribution < -0.4 is 32.0 Å². The fourth-order valence-electron chi connectivity index (χ4n) is 6.16. The molecule has 0 saturated heterocycles. The zero-order valence-electron chi connectivity index (χ0n) is 29.4. The highest BCUT2D eigenvalue weighted by atomic mass is 19.4. The van der Waals surface area contributed by atoms with Gasteiger partial charge in [-0.2, -0.15) is 30.9 Å². The van der Waals surface area contributed by atoms with Crippen LogP contribution in [0.15, 0.2) is 95.0 Å². The van der Waals surface area contributed by atoms with Crippen molar-refractivity contribution in [3.8, 4) is 0 Å². The lowest BCUT2D eigenvalue weighted by Crippen LogP contribution is -2.51. The Morgan fingerprint density at radius 3 is 2.08 bits per heavy atom. The standard InChI is InChI=1S/C38H45F6N7O2/c1-51(20-17-45,21-18-46)19-5-9-32(47)35(52)49-33(16-13-26-6-4-8-30(22-26)38(42,43)44)36(53)48-31-23-28-7-2-3-10-34(28)50(25-31)24-27-11-14-29(15-12-27)37(39,40)41/h2-4,6-8,10-12,14-15,22-23,25,32-33H,5,9,13,16-21,24,45-47H2,1H3/t32-,33+/m0/s1. The SMILES string of the molecule is C[N+](CCN)(CCN)CCC[C@H](N)C([O-])=N[C@H](CCc1cccc(C(F)(F)F)c1)C([O-])=Nc1cc2ccccc2[n+](Cc2ccc(C(F)(F)F)cc2)c1. The second kappa shape index (κ2) is 18.0. The number of nitrogens with two attached hydrogens (primary N) is 3. The van der Waals surface area contributed by atoms with E-state index in [0.717, 1.165) is 29.8 Å².